The van der Waals surface area contributed by atoms with Crippen molar-refractivity contribution in [1.82, 2.24) is 0 Å². The van der Waals surface area contributed by atoms with Gasteiger partial charge in [-0.1, -0.05) is 5.92 Å². The summed E-state index contributed by atoms with van der Waals surface area (Å²) in [6.07, 6.45) is 5.31. The van der Waals surface area contributed by atoms with Gasteiger partial charge >= 0.3 is 5.97 Å². The van der Waals surface area contributed by atoms with Crippen molar-refractivity contribution in [1.29, 1.82) is 0 Å². The van der Waals surface area contributed by atoms with Crippen molar-refractivity contribution in [3.8, 4) is 12.3 Å². The number of esters is 1. The van der Waals surface area contributed by atoms with E-state index in [1.807, 2.05) is 0 Å². The lowest BCUT2D eigenvalue weighted by molar-refractivity contribution is -0.141. The Bertz CT molecular complexity index is 501. The van der Waals surface area contributed by atoms with Crippen LogP contribution in [0.25, 0.3) is 0 Å². The molecule has 0 aromatic rings. The fourth-order valence-electron chi connectivity index (χ4n) is 2.37. The average molecular weight is 539 g/mol. The number of carbonyl (C=O) groups excluding carboxylic acids is 1. The maximum Gasteiger partial charge on any atom is 0.307 e. The predicted molar refractivity (Wildman–Crippen MR) is 134 cm³/mol. The van der Waals surface area contributed by atoms with Gasteiger partial charge in [-0.05, 0) is 0 Å². The maximum absolute atomic E-state index is 10.9. The molecule has 0 unspecified atom stereocenters. The van der Waals surface area contributed by atoms with E-state index in [2.05, 4.69) is 10.7 Å². The zero-order valence-corrected chi connectivity index (χ0v) is 22.3. The van der Waals surface area contributed by atoms with Gasteiger partial charge in [0.1, 0.15) is 6.61 Å². The van der Waals surface area contributed by atoms with Crippen LogP contribution in [0.4, 0.5) is 0 Å². The predicted octanol–water partition coefficient (Wildman–Crippen LogP) is 0.349. The molecule has 0 aliphatic carbocycles. The Labute approximate surface area is 221 Å². The first-order chi connectivity index (χ1) is 18.3. The summed E-state index contributed by atoms with van der Waals surface area (Å²) in [5.41, 5.74) is 0. The van der Waals surface area contributed by atoms with Crippen LogP contribution in [0.2, 0.25) is 0 Å². The summed E-state index contributed by atoms with van der Waals surface area (Å²) in [5.74, 6) is 2.11. The van der Waals surface area contributed by atoms with Gasteiger partial charge in [0.25, 0.3) is 0 Å². The summed E-state index contributed by atoms with van der Waals surface area (Å²) in [7, 11) is 1.35. The van der Waals surface area contributed by atoms with Crippen molar-refractivity contribution in [2.24, 2.45) is 0 Å². The fraction of sp³-hybridized carbons (Fsp3) is 0.880. The van der Waals surface area contributed by atoms with Crippen LogP contribution in [0.1, 0.15) is 6.42 Å². The Morgan fingerprint density at radius 3 is 0.946 bits per heavy atom. The molecule has 0 atom stereocenters. The molecule has 0 rings (SSSR count). The molecule has 0 aliphatic rings. The first-order valence-electron chi connectivity index (χ1n) is 12.6. The highest BCUT2D eigenvalue weighted by Gasteiger charge is 1.99. The fourth-order valence-corrected chi connectivity index (χ4v) is 2.37. The molecule has 0 amide bonds. The minimum atomic E-state index is -0.285. The molecule has 12 heteroatoms. The van der Waals surface area contributed by atoms with Crippen molar-refractivity contribution in [3.63, 3.8) is 0 Å². The van der Waals surface area contributed by atoms with Crippen LogP contribution < -0.4 is 0 Å². The van der Waals surface area contributed by atoms with E-state index < -0.39 is 0 Å². The van der Waals surface area contributed by atoms with Crippen molar-refractivity contribution in [2.45, 2.75) is 6.42 Å². The van der Waals surface area contributed by atoms with Crippen LogP contribution in [-0.2, 0) is 56.9 Å². The third kappa shape index (κ3) is 32.6. The van der Waals surface area contributed by atoms with E-state index in [0.29, 0.717) is 132 Å². The summed E-state index contributed by atoms with van der Waals surface area (Å²) in [6, 6.07) is 0. The van der Waals surface area contributed by atoms with Crippen molar-refractivity contribution < 1.29 is 56.9 Å². The molecule has 12 nitrogen and oxygen atoms in total. The number of methoxy groups -OCH3 is 1. The second-order valence-electron chi connectivity index (χ2n) is 7.09. The zero-order valence-electron chi connectivity index (χ0n) is 22.3. The van der Waals surface area contributed by atoms with Gasteiger partial charge < -0.3 is 52.1 Å². The number of carbonyl (C=O) groups is 1. The van der Waals surface area contributed by atoms with Gasteiger partial charge in [0.05, 0.1) is 139 Å². The SMILES string of the molecule is C#CCOCCOCCOCCOCCOCCOCCOCCOCCOCCOCCC(=O)OC. The first-order valence-corrected chi connectivity index (χ1v) is 12.6. The number of terminal acetylenes is 1. The van der Waals surface area contributed by atoms with Gasteiger partial charge in [0.15, 0.2) is 0 Å². The Kier molecular flexibility index (Phi) is 31.4. The van der Waals surface area contributed by atoms with E-state index in [9.17, 15) is 4.79 Å². The monoisotopic (exact) mass is 538 g/mol. The van der Waals surface area contributed by atoms with Crippen LogP contribution in [-0.4, -0.2) is 145 Å². The highest BCUT2D eigenvalue weighted by molar-refractivity contribution is 5.69. The molecule has 0 saturated carbocycles. The van der Waals surface area contributed by atoms with Gasteiger partial charge in [-0.25, -0.2) is 0 Å². The Morgan fingerprint density at radius 2 is 0.703 bits per heavy atom. The van der Waals surface area contributed by atoms with Gasteiger partial charge in [-0.2, -0.15) is 0 Å². The summed E-state index contributed by atoms with van der Waals surface area (Å²) in [4.78, 5) is 10.9. The molecule has 0 saturated heterocycles. The highest BCUT2D eigenvalue weighted by Crippen LogP contribution is 1.88. The molecule has 0 aromatic carbocycles. The number of hydrogen-bond donors (Lipinski definition) is 0. The molecule has 0 radical (unpaired) electrons. The minimum absolute atomic E-state index is 0.246. The topological polar surface area (TPSA) is 119 Å². The largest absolute Gasteiger partial charge is 0.469 e. The zero-order chi connectivity index (χ0) is 26.9. The summed E-state index contributed by atoms with van der Waals surface area (Å²) in [6.45, 7) is 9.49. The van der Waals surface area contributed by atoms with Crippen molar-refractivity contribution in [3.05, 3.63) is 0 Å². The molecule has 0 heterocycles. The van der Waals surface area contributed by atoms with E-state index in [-0.39, 0.29) is 12.4 Å². The average Bonchev–Trinajstić information content (AvgIpc) is 2.91. The van der Waals surface area contributed by atoms with Crippen LogP contribution in [0, 0.1) is 12.3 Å². The molecule has 0 bridgehead atoms. The summed E-state index contributed by atoms with van der Waals surface area (Å²) < 4.78 is 58.0. The van der Waals surface area contributed by atoms with E-state index >= 15 is 0 Å². The molecular weight excluding hydrogens is 492 g/mol. The van der Waals surface area contributed by atoms with Gasteiger partial charge in [-0.3, -0.25) is 4.79 Å². The molecule has 218 valence electrons. The van der Waals surface area contributed by atoms with Crippen LogP contribution in [0.3, 0.4) is 0 Å². The molecular formula is C25H46O12. The third-order valence-electron chi connectivity index (χ3n) is 4.21. The normalized spacial score (nSPS) is 11.0. The van der Waals surface area contributed by atoms with Crippen molar-refractivity contribution in [2.75, 3.05) is 139 Å². The molecule has 37 heavy (non-hydrogen) atoms. The van der Waals surface area contributed by atoms with E-state index in [1.54, 1.807) is 0 Å². The lowest BCUT2D eigenvalue weighted by atomic mass is 10.5. The van der Waals surface area contributed by atoms with E-state index in [0.717, 1.165) is 0 Å². The molecule has 0 fully saturated rings. The highest BCUT2D eigenvalue weighted by atomic mass is 16.6. The van der Waals surface area contributed by atoms with E-state index in [4.69, 9.17) is 53.8 Å². The second kappa shape index (κ2) is 32.7. The van der Waals surface area contributed by atoms with E-state index in [1.165, 1.54) is 7.11 Å². The number of ether oxygens (including phenoxy) is 11. The lowest BCUT2D eigenvalue weighted by Crippen LogP contribution is -2.15. The van der Waals surface area contributed by atoms with Gasteiger partial charge in [-0.15, -0.1) is 6.42 Å². The summed E-state index contributed by atoms with van der Waals surface area (Å²) in [5, 5.41) is 0. The molecule has 0 N–H and O–H groups in total. The smallest absolute Gasteiger partial charge is 0.307 e. The Balaban J connectivity index is 3.03. The Morgan fingerprint density at radius 1 is 0.459 bits per heavy atom. The molecule has 0 aliphatic heterocycles. The standard InChI is InChI=1S/C25H46O12/c1-3-5-28-7-9-30-11-13-32-15-17-34-19-21-36-23-24-37-22-20-35-18-16-33-14-12-31-10-8-29-6-4-25(26)27-2/h1H,4-24H2,2H3. The van der Waals surface area contributed by atoms with Crippen LogP contribution >= 0.6 is 0 Å². The number of rotatable bonds is 31. The minimum Gasteiger partial charge on any atom is -0.469 e. The third-order valence-corrected chi connectivity index (χ3v) is 4.21. The van der Waals surface area contributed by atoms with Gasteiger partial charge in [0.2, 0.25) is 0 Å². The van der Waals surface area contributed by atoms with Crippen LogP contribution in [0.15, 0.2) is 0 Å². The number of hydrogen-bond acceptors (Lipinski definition) is 12. The maximum atomic E-state index is 10.9. The lowest BCUT2D eigenvalue weighted by Gasteiger charge is -2.09. The molecule has 0 spiro atoms. The summed E-state index contributed by atoms with van der Waals surface area (Å²) >= 11 is 0. The molecule has 0 aromatic heterocycles. The second-order valence-corrected chi connectivity index (χ2v) is 7.09. The van der Waals surface area contributed by atoms with Crippen LogP contribution in [0.5, 0.6) is 0 Å². The quantitative estimate of drug-likeness (QED) is 0.0688. The van der Waals surface area contributed by atoms with Gasteiger partial charge in [0, 0.05) is 0 Å². The van der Waals surface area contributed by atoms with Crippen molar-refractivity contribution >= 4 is 5.97 Å². The Hall–Kier alpha value is -1.37. The first kappa shape index (κ1) is 35.6.